The molecule has 3 atom stereocenters. The van der Waals surface area contributed by atoms with Gasteiger partial charge in [-0.3, -0.25) is 0 Å². The molecule has 0 unspecified atom stereocenters. The van der Waals surface area contributed by atoms with E-state index in [0.717, 1.165) is 19.3 Å². The molecule has 104 valence electrons. The number of halogens is 3. The van der Waals surface area contributed by atoms with Crippen LogP contribution in [-0.4, -0.2) is 33.4 Å². The third-order valence-corrected chi connectivity index (χ3v) is 4.05. The van der Waals surface area contributed by atoms with Crippen LogP contribution >= 0.6 is 34.8 Å². The van der Waals surface area contributed by atoms with Crippen LogP contribution in [0.25, 0.3) is 0 Å². The number of carbonyl (C=O) groups is 1. The van der Waals surface area contributed by atoms with Crippen LogP contribution in [0.2, 0.25) is 0 Å². The van der Waals surface area contributed by atoms with E-state index in [4.69, 9.17) is 44.3 Å². The number of fused-ring (bicyclic) bond motifs is 1. The first-order valence-corrected chi connectivity index (χ1v) is 7.06. The van der Waals surface area contributed by atoms with Crippen molar-refractivity contribution in [1.29, 1.82) is 0 Å². The van der Waals surface area contributed by atoms with Crippen LogP contribution < -0.4 is 0 Å². The van der Waals surface area contributed by atoms with Gasteiger partial charge in [0.15, 0.2) is 0 Å². The van der Waals surface area contributed by atoms with E-state index in [1.54, 1.807) is 0 Å². The van der Waals surface area contributed by atoms with Gasteiger partial charge >= 0.3 is 6.16 Å². The smallest absolute Gasteiger partial charge is 0.431 e. The molecule has 2 rings (SSSR count). The lowest BCUT2D eigenvalue weighted by Gasteiger charge is -2.24. The summed E-state index contributed by atoms with van der Waals surface area (Å²) in [6, 6.07) is 0. The van der Waals surface area contributed by atoms with Crippen LogP contribution in [0.15, 0.2) is 0 Å². The van der Waals surface area contributed by atoms with E-state index >= 15 is 0 Å². The molecule has 1 N–H and O–H groups in total. The summed E-state index contributed by atoms with van der Waals surface area (Å²) in [4.78, 5) is 11.4. The first-order chi connectivity index (χ1) is 8.30. The minimum atomic E-state index is -1.64. The molecule has 0 heterocycles. The molecule has 2 aliphatic rings. The zero-order valence-electron chi connectivity index (χ0n) is 9.70. The normalized spacial score (nSPS) is 35.3. The third kappa shape index (κ3) is 3.35. The highest BCUT2D eigenvalue weighted by atomic mass is 35.6. The number of rotatable bonds is 2. The van der Waals surface area contributed by atoms with Gasteiger partial charge in [0.25, 0.3) is 0 Å². The van der Waals surface area contributed by atoms with Crippen LogP contribution in [0, 0.1) is 5.92 Å². The van der Waals surface area contributed by atoms with E-state index in [-0.39, 0.29) is 18.6 Å². The fourth-order valence-corrected chi connectivity index (χ4v) is 3.12. The molecule has 2 aliphatic carbocycles. The Morgan fingerprint density at radius 3 is 2.72 bits per heavy atom. The number of carbonyl (C=O) groups excluding carboxylic acids is 1. The molecule has 4 nitrogen and oxygen atoms in total. The second kappa shape index (κ2) is 5.23. The fraction of sp³-hybridized carbons (Fsp3) is 0.909. The van der Waals surface area contributed by atoms with Crippen molar-refractivity contribution < 1.29 is 19.4 Å². The summed E-state index contributed by atoms with van der Waals surface area (Å²) in [5.41, 5.74) is -0.667. The highest BCUT2D eigenvalue weighted by Crippen LogP contribution is 2.48. The average molecular weight is 318 g/mol. The lowest BCUT2D eigenvalue weighted by molar-refractivity contribution is -0.0277. The highest BCUT2D eigenvalue weighted by molar-refractivity contribution is 6.67. The molecule has 0 amide bonds. The average Bonchev–Trinajstić information content (AvgIpc) is 2.74. The quantitative estimate of drug-likeness (QED) is 0.627. The van der Waals surface area contributed by atoms with E-state index in [1.807, 2.05) is 0 Å². The Kier molecular flexibility index (Phi) is 4.22. The summed E-state index contributed by atoms with van der Waals surface area (Å²) in [6.07, 6.45) is 2.80. The molecule has 0 aromatic rings. The first kappa shape index (κ1) is 14.5. The van der Waals surface area contributed by atoms with Crippen molar-refractivity contribution in [2.45, 2.75) is 47.6 Å². The number of hydrogen-bond acceptors (Lipinski definition) is 4. The second-order valence-electron chi connectivity index (χ2n) is 4.95. The van der Waals surface area contributed by atoms with Gasteiger partial charge in [0.05, 0.1) is 5.60 Å². The van der Waals surface area contributed by atoms with Crippen molar-refractivity contribution >= 4 is 41.0 Å². The Hall–Kier alpha value is 0.1000. The Morgan fingerprint density at radius 2 is 2.06 bits per heavy atom. The van der Waals surface area contributed by atoms with Crippen LogP contribution in [0.5, 0.6) is 0 Å². The monoisotopic (exact) mass is 316 g/mol. The maximum absolute atomic E-state index is 11.4. The molecule has 0 bridgehead atoms. The Bertz CT molecular complexity index is 331. The molecule has 0 radical (unpaired) electrons. The van der Waals surface area contributed by atoms with Crippen molar-refractivity contribution in [1.82, 2.24) is 0 Å². The fourth-order valence-electron chi connectivity index (χ4n) is 2.96. The van der Waals surface area contributed by atoms with E-state index in [9.17, 15) is 9.90 Å². The Balaban J connectivity index is 1.82. The number of alkyl halides is 3. The third-order valence-electron chi connectivity index (χ3n) is 3.73. The molecule has 0 aromatic carbocycles. The van der Waals surface area contributed by atoms with Gasteiger partial charge in [-0.1, -0.05) is 41.2 Å². The molecule has 0 aromatic heterocycles. The van der Waals surface area contributed by atoms with Crippen LogP contribution in [0.4, 0.5) is 4.79 Å². The maximum atomic E-state index is 11.4. The second-order valence-corrected chi connectivity index (χ2v) is 7.47. The van der Waals surface area contributed by atoms with Gasteiger partial charge in [0.2, 0.25) is 3.79 Å². The number of hydrogen-bond donors (Lipinski definition) is 1. The molecule has 18 heavy (non-hydrogen) atoms. The molecule has 0 aliphatic heterocycles. The number of aliphatic hydroxyl groups is 1. The zero-order chi connectivity index (χ0) is 13.4. The Morgan fingerprint density at radius 1 is 1.33 bits per heavy atom. The van der Waals surface area contributed by atoms with Gasteiger partial charge in [0, 0.05) is 5.92 Å². The van der Waals surface area contributed by atoms with Gasteiger partial charge in [0.1, 0.15) is 12.7 Å². The molecule has 2 saturated carbocycles. The number of ether oxygens (including phenoxy) is 2. The van der Waals surface area contributed by atoms with Gasteiger partial charge < -0.3 is 14.6 Å². The van der Waals surface area contributed by atoms with E-state index in [2.05, 4.69) is 0 Å². The van der Waals surface area contributed by atoms with Crippen molar-refractivity contribution in [3.63, 3.8) is 0 Å². The van der Waals surface area contributed by atoms with Crippen molar-refractivity contribution in [2.24, 2.45) is 5.92 Å². The van der Waals surface area contributed by atoms with Crippen molar-refractivity contribution in [2.75, 3.05) is 6.61 Å². The van der Waals surface area contributed by atoms with Gasteiger partial charge in [-0.05, 0) is 25.7 Å². The molecule has 7 heteroatoms. The van der Waals surface area contributed by atoms with Gasteiger partial charge in [-0.25, -0.2) is 4.79 Å². The van der Waals surface area contributed by atoms with E-state index < -0.39 is 15.5 Å². The maximum Gasteiger partial charge on any atom is 0.508 e. The Labute approximate surface area is 120 Å². The van der Waals surface area contributed by atoms with E-state index in [1.165, 1.54) is 0 Å². The highest BCUT2D eigenvalue weighted by Gasteiger charge is 2.51. The lowest BCUT2D eigenvalue weighted by Crippen LogP contribution is -2.34. The summed E-state index contributed by atoms with van der Waals surface area (Å²) in [7, 11) is 0. The first-order valence-electron chi connectivity index (χ1n) is 5.93. The lowest BCUT2D eigenvalue weighted by atomic mass is 9.94. The largest absolute Gasteiger partial charge is 0.508 e. The standard InChI is InChI=1S/C11H15Cl3O4/c12-11(13,14)6-17-9(15)18-8-3-5-10(16)4-1-2-7(8)10/h7-8,16H,1-6H2/t7-,8-,10-/m1/s1. The predicted molar refractivity (Wildman–Crippen MR) is 68.0 cm³/mol. The van der Waals surface area contributed by atoms with Crippen LogP contribution in [-0.2, 0) is 9.47 Å². The molecular weight excluding hydrogens is 302 g/mol. The van der Waals surface area contributed by atoms with Crippen LogP contribution in [0.3, 0.4) is 0 Å². The van der Waals surface area contributed by atoms with Crippen molar-refractivity contribution in [3.8, 4) is 0 Å². The molecular formula is C11H15Cl3O4. The summed E-state index contributed by atoms with van der Waals surface area (Å²) < 4.78 is 8.26. The predicted octanol–water partition coefficient (Wildman–Crippen LogP) is 3.20. The minimum absolute atomic E-state index is 0.0119. The van der Waals surface area contributed by atoms with Gasteiger partial charge in [-0.15, -0.1) is 0 Å². The summed E-state index contributed by atoms with van der Waals surface area (Å²) in [5, 5.41) is 10.3. The summed E-state index contributed by atoms with van der Waals surface area (Å²) >= 11 is 16.4. The zero-order valence-corrected chi connectivity index (χ0v) is 12.0. The van der Waals surface area contributed by atoms with Crippen LogP contribution in [0.1, 0.15) is 32.1 Å². The van der Waals surface area contributed by atoms with Crippen molar-refractivity contribution in [3.05, 3.63) is 0 Å². The summed E-state index contributed by atoms with van der Waals surface area (Å²) in [5.74, 6) is 0.0119. The van der Waals surface area contributed by atoms with Gasteiger partial charge in [-0.2, -0.15) is 0 Å². The molecule has 0 saturated heterocycles. The molecule has 0 spiro atoms. The summed E-state index contributed by atoms with van der Waals surface area (Å²) in [6.45, 7) is -0.349. The molecule has 2 fully saturated rings. The minimum Gasteiger partial charge on any atom is -0.431 e. The van der Waals surface area contributed by atoms with E-state index in [0.29, 0.717) is 12.8 Å². The SMILES string of the molecule is O=C(OCC(Cl)(Cl)Cl)O[C@@H]1CC[C@]2(O)CCC[C@H]12. The topological polar surface area (TPSA) is 55.8 Å².